The lowest BCUT2D eigenvalue weighted by atomic mass is 10.4. The summed E-state index contributed by atoms with van der Waals surface area (Å²) in [6, 6.07) is -0.294. The number of fused-ring (bicyclic) bond motifs is 1. The molecule has 0 fully saturated rings. The molecule has 10 nitrogen and oxygen atoms in total. The molecule has 0 unspecified atom stereocenters. The van der Waals surface area contributed by atoms with Gasteiger partial charge in [0.25, 0.3) is 0 Å². The highest BCUT2D eigenvalue weighted by Gasteiger charge is 2.34. The fourth-order valence-corrected chi connectivity index (χ4v) is 1.77. The van der Waals surface area contributed by atoms with Gasteiger partial charge in [-0.3, -0.25) is 10.3 Å². The van der Waals surface area contributed by atoms with Gasteiger partial charge in [0.15, 0.2) is 12.1 Å². The molecule has 0 radical (unpaired) electrons. The average Bonchev–Trinajstić information content (AvgIpc) is 2.88. The number of amides is 2. The van der Waals surface area contributed by atoms with Crippen LogP contribution in [0.5, 0.6) is 0 Å². The van der Waals surface area contributed by atoms with Crippen LogP contribution in [0, 0.1) is 5.41 Å². The Bertz CT molecular complexity index is 471. The highest BCUT2D eigenvalue weighted by molar-refractivity contribution is 5.97. The lowest BCUT2D eigenvalue weighted by molar-refractivity contribution is -0.0965. The number of hydrogen-bond donors (Lipinski definition) is 3. The van der Waals surface area contributed by atoms with Gasteiger partial charge in [-0.2, -0.15) is 5.01 Å². The lowest BCUT2D eigenvalue weighted by Crippen LogP contribution is -2.40. The summed E-state index contributed by atoms with van der Waals surface area (Å²) in [5.41, 5.74) is 0.418. The highest BCUT2D eigenvalue weighted by atomic mass is 16.7. The molecule has 0 bridgehead atoms. The molecule has 3 N–H and O–H groups in total. The van der Waals surface area contributed by atoms with Crippen LogP contribution < -0.4 is 10.6 Å². The van der Waals surface area contributed by atoms with Crippen molar-refractivity contribution in [3.8, 4) is 0 Å². The molecule has 20 heavy (non-hydrogen) atoms. The summed E-state index contributed by atoms with van der Waals surface area (Å²) in [6.45, 7) is 0.560. The third-order valence-corrected chi connectivity index (χ3v) is 2.90. The number of methoxy groups -OCH3 is 2. The Morgan fingerprint density at radius 2 is 2.25 bits per heavy atom. The topological polar surface area (TPSA) is 115 Å². The van der Waals surface area contributed by atoms with Gasteiger partial charge in [-0.1, -0.05) is 5.22 Å². The predicted octanol–water partition coefficient (Wildman–Crippen LogP) is -0.363. The van der Waals surface area contributed by atoms with Crippen LogP contribution in [0.25, 0.3) is 0 Å². The van der Waals surface area contributed by atoms with Gasteiger partial charge >= 0.3 is 6.03 Å². The number of carbonyl (C=O) groups is 1. The molecule has 0 aromatic carbocycles. The van der Waals surface area contributed by atoms with E-state index in [4.69, 9.17) is 14.9 Å². The summed E-state index contributed by atoms with van der Waals surface area (Å²) in [7, 11) is 4.55. The van der Waals surface area contributed by atoms with Crippen molar-refractivity contribution in [2.45, 2.75) is 6.29 Å². The van der Waals surface area contributed by atoms with Crippen LogP contribution in [-0.4, -0.2) is 62.5 Å². The average molecular weight is 283 g/mol. The first kappa shape index (κ1) is 14.2. The number of nitrogens with zero attached hydrogens (tertiary/aromatic N) is 4. The molecule has 2 aliphatic heterocycles. The number of ether oxygens (including phenoxy) is 2. The molecule has 2 amide bonds. The molecule has 2 heterocycles. The summed E-state index contributed by atoms with van der Waals surface area (Å²) < 4.78 is 10.0. The number of rotatable bonds is 5. The monoisotopic (exact) mass is 283 g/mol. The third-order valence-electron chi connectivity index (χ3n) is 2.90. The van der Waals surface area contributed by atoms with E-state index in [2.05, 4.69) is 21.0 Å². The van der Waals surface area contributed by atoms with Gasteiger partial charge in [0.05, 0.1) is 13.2 Å². The van der Waals surface area contributed by atoms with Crippen LogP contribution >= 0.6 is 0 Å². The minimum atomic E-state index is -0.459. The maximum absolute atomic E-state index is 11.8. The molecular formula is C10H17N7O3. The van der Waals surface area contributed by atoms with E-state index >= 15 is 0 Å². The van der Waals surface area contributed by atoms with Crippen LogP contribution in [0.3, 0.4) is 0 Å². The van der Waals surface area contributed by atoms with Gasteiger partial charge in [-0.05, 0) is 0 Å². The van der Waals surface area contributed by atoms with Crippen molar-refractivity contribution in [1.29, 1.82) is 5.41 Å². The van der Waals surface area contributed by atoms with Gasteiger partial charge < -0.3 is 20.1 Å². The summed E-state index contributed by atoms with van der Waals surface area (Å²) in [5, 5.41) is 22.5. The zero-order chi connectivity index (χ0) is 14.7. The zero-order valence-electron chi connectivity index (χ0n) is 11.5. The van der Waals surface area contributed by atoms with E-state index < -0.39 is 6.29 Å². The van der Waals surface area contributed by atoms with Crippen molar-refractivity contribution < 1.29 is 14.3 Å². The van der Waals surface area contributed by atoms with E-state index in [0.717, 1.165) is 5.01 Å². The Kier molecular flexibility index (Phi) is 4.15. The Hall–Kier alpha value is -2.20. The molecule has 0 aliphatic carbocycles. The van der Waals surface area contributed by atoms with E-state index in [1.165, 1.54) is 26.2 Å². The fourth-order valence-electron chi connectivity index (χ4n) is 1.77. The highest BCUT2D eigenvalue weighted by Crippen LogP contribution is 2.22. The lowest BCUT2D eigenvalue weighted by Gasteiger charge is -2.23. The normalized spacial score (nSPS) is 17.7. The number of urea groups is 1. The minimum Gasteiger partial charge on any atom is -0.364 e. The molecule has 0 atom stereocenters. The van der Waals surface area contributed by atoms with E-state index in [0.29, 0.717) is 18.1 Å². The van der Waals surface area contributed by atoms with Gasteiger partial charge in [0.2, 0.25) is 0 Å². The molecule has 0 saturated heterocycles. The number of carbonyl (C=O) groups excluding carboxylic acids is 1. The largest absolute Gasteiger partial charge is 0.364 e. The fraction of sp³-hybridized carbons (Fsp3) is 0.600. The van der Waals surface area contributed by atoms with E-state index in [9.17, 15) is 4.79 Å². The second-order valence-corrected chi connectivity index (χ2v) is 4.11. The minimum absolute atomic E-state index is 0.0953. The summed E-state index contributed by atoms with van der Waals surface area (Å²) in [5.74, 6) is 0.426. The Morgan fingerprint density at radius 3 is 2.90 bits per heavy atom. The summed E-state index contributed by atoms with van der Waals surface area (Å²) >= 11 is 0. The Balaban J connectivity index is 2.07. The van der Waals surface area contributed by atoms with Crippen molar-refractivity contribution in [1.82, 2.24) is 20.5 Å². The maximum atomic E-state index is 11.8. The molecule has 110 valence electrons. The molecule has 2 aliphatic rings. The van der Waals surface area contributed by atoms with Crippen molar-refractivity contribution in [3.05, 3.63) is 11.5 Å². The second-order valence-electron chi connectivity index (χ2n) is 4.11. The van der Waals surface area contributed by atoms with Crippen molar-refractivity contribution in [3.63, 3.8) is 0 Å². The van der Waals surface area contributed by atoms with Gasteiger partial charge in [-0.15, -0.1) is 5.11 Å². The number of amidine groups is 1. The zero-order valence-corrected chi connectivity index (χ0v) is 11.5. The molecule has 10 heteroatoms. The molecule has 0 aromatic rings. The smallest absolute Gasteiger partial charge is 0.348 e. The SMILES string of the molecule is COC(CNC(=N)C1=C2N=NN(C)C(=O)N2CN1)OC. The Labute approximate surface area is 115 Å². The van der Waals surface area contributed by atoms with Crippen molar-refractivity contribution >= 4 is 11.9 Å². The first-order valence-electron chi connectivity index (χ1n) is 5.92. The summed E-state index contributed by atoms with van der Waals surface area (Å²) in [4.78, 5) is 13.2. The summed E-state index contributed by atoms with van der Waals surface area (Å²) in [6.07, 6.45) is -0.459. The van der Waals surface area contributed by atoms with Gasteiger partial charge in [0, 0.05) is 21.3 Å². The van der Waals surface area contributed by atoms with Crippen LogP contribution in [0.2, 0.25) is 0 Å². The molecule has 0 spiro atoms. The standard InChI is InChI=1S/C10H17N7O3/c1-16-10(18)17-5-13-7(9(17)14-15-16)8(11)12-4-6(19-2)20-3/h6,13H,4-5H2,1-3H3,(H2,11,12). The van der Waals surface area contributed by atoms with E-state index in [-0.39, 0.29) is 18.5 Å². The van der Waals surface area contributed by atoms with Gasteiger partial charge in [-0.25, -0.2) is 4.79 Å². The molecule has 2 rings (SSSR count). The molecule has 0 aromatic heterocycles. The van der Waals surface area contributed by atoms with Crippen molar-refractivity contribution in [2.24, 2.45) is 10.3 Å². The number of nitrogens with one attached hydrogen (secondary N) is 3. The first-order valence-corrected chi connectivity index (χ1v) is 5.92. The van der Waals surface area contributed by atoms with Crippen LogP contribution in [0.15, 0.2) is 21.9 Å². The van der Waals surface area contributed by atoms with Crippen LogP contribution in [-0.2, 0) is 9.47 Å². The van der Waals surface area contributed by atoms with E-state index in [1.807, 2.05) is 0 Å². The maximum Gasteiger partial charge on any atom is 0.348 e. The number of hydrogen-bond acceptors (Lipinski definition) is 7. The van der Waals surface area contributed by atoms with Crippen molar-refractivity contribution in [2.75, 3.05) is 34.5 Å². The third kappa shape index (κ3) is 2.56. The first-order chi connectivity index (χ1) is 9.58. The quantitative estimate of drug-likeness (QED) is 0.362. The Morgan fingerprint density at radius 1 is 1.55 bits per heavy atom. The molecule has 0 saturated carbocycles. The second kappa shape index (κ2) is 5.84. The van der Waals surface area contributed by atoms with E-state index in [1.54, 1.807) is 0 Å². The predicted molar refractivity (Wildman–Crippen MR) is 68.4 cm³/mol. The molecular weight excluding hydrogens is 266 g/mol. The van der Waals surface area contributed by atoms with Crippen LogP contribution in [0.1, 0.15) is 0 Å². The van der Waals surface area contributed by atoms with Crippen LogP contribution in [0.4, 0.5) is 4.79 Å². The van der Waals surface area contributed by atoms with Gasteiger partial charge in [0.1, 0.15) is 11.5 Å².